The van der Waals surface area contributed by atoms with Crippen LogP contribution in [0.4, 0.5) is 0 Å². The van der Waals surface area contributed by atoms with Gasteiger partial charge in [-0.05, 0) is 49.2 Å². The molecule has 1 heterocycles. The van der Waals surface area contributed by atoms with Gasteiger partial charge < -0.3 is 9.84 Å². The summed E-state index contributed by atoms with van der Waals surface area (Å²) in [7, 11) is 0. The zero-order chi connectivity index (χ0) is 15.2. The van der Waals surface area contributed by atoms with Crippen molar-refractivity contribution in [2.75, 3.05) is 0 Å². The lowest BCUT2D eigenvalue weighted by Gasteiger charge is -2.10. The number of aryl methyl sites for hydroxylation is 2. The lowest BCUT2D eigenvalue weighted by molar-refractivity contribution is -0.131. The predicted molar refractivity (Wildman–Crippen MR) is 81.5 cm³/mol. The summed E-state index contributed by atoms with van der Waals surface area (Å²) in [4.78, 5) is 15.0. The molecule has 1 aromatic heterocycles. The van der Waals surface area contributed by atoms with Crippen LogP contribution in [0.2, 0.25) is 0 Å². The number of nitrogens with zero attached hydrogens (tertiary/aromatic N) is 1. The molecule has 0 saturated carbocycles. The Hall–Kier alpha value is -2.62. The van der Waals surface area contributed by atoms with Crippen molar-refractivity contribution in [3.05, 3.63) is 59.4 Å². The maximum atomic E-state index is 10.5. The van der Waals surface area contributed by atoms with Gasteiger partial charge in [0.1, 0.15) is 11.5 Å². The summed E-state index contributed by atoms with van der Waals surface area (Å²) in [6.45, 7) is 3.97. The van der Waals surface area contributed by atoms with E-state index in [2.05, 4.69) is 4.98 Å². The second-order valence-electron chi connectivity index (χ2n) is 4.60. The van der Waals surface area contributed by atoms with Crippen LogP contribution in [0.25, 0.3) is 6.08 Å². The molecule has 1 N–H and O–H groups in total. The molecule has 0 fully saturated rings. The maximum absolute atomic E-state index is 10.5. The van der Waals surface area contributed by atoms with E-state index in [9.17, 15) is 4.79 Å². The lowest BCUT2D eigenvalue weighted by atomic mass is 10.2. The molecular weight excluding hydrogens is 266 g/mol. The molecule has 0 aliphatic carbocycles. The number of hydrogen-bond acceptors (Lipinski definition) is 3. The molecule has 0 aliphatic heterocycles. The average molecular weight is 283 g/mol. The van der Waals surface area contributed by atoms with Crippen LogP contribution in [0.5, 0.6) is 11.5 Å². The van der Waals surface area contributed by atoms with E-state index in [0.29, 0.717) is 5.75 Å². The Bertz CT molecular complexity index is 677. The molecule has 0 aliphatic rings. The standard InChI is InChI=1S/C17H17NO3/c1-3-15-16(9-7-12(2)18-15)21-14-6-4-5-13(11-14)8-10-17(19)20/h4-11H,3H2,1-2H3,(H,19,20)/b10-8+. The van der Waals surface area contributed by atoms with E-state index in [-0.39, 0.29) is 0 Å². The summed E-state index contributed by atoms with van der Waals surface area (Å²) >= 11 is 0. The van der Waals surface area contributed by atoms with Crippen LogP contribution in [0, 0.1) is 6.92 Å². The predicted octanol–water partition coefficient (Wildman–Crippen LogP) is 3.84. The minimum atomic E-state index is -0.975. The first kappa shape index (κ1) is 14.8. The number of pyridine rings is 1. The molecule has 1 aromatic carbocycles. The SMILES string of the molecule is CCc1nc(C)ccc1Oc1cccc(/C=C/C(=O)O)c1. The van der Waals surface area contributed by atoms with Crippen molar-refractivity contribution in [1.82, 2.24) is 4.98 Å². The van der Waals surface area contributed by atoms with Gasteiger partial charge in [-0.15, -0.1) is 0 Å². The van der Waals surface area contributed by atoms with Crippen LogP contribution in [0.3, 0.4) is 0 Å². The Morgan fingerprint density at radius 2 is 2.14 bits per heavy atom. The zero-order valence-electron chi connectivity index (χ0n) is 12.0. The fourth-order valence-electron chi connectivity index (χ4n) is 1.92. The minimum absolute atomic E-state index is 0.655. The highest BCUT2D eigenvalue weighted by molar-refractivity contribution is 5.85. The first-order valence-corrected chi connectivity index (χ1v) is 6.74. The normalized spacial score (nSPS) is 10.8. The van der Waals surface area contributed by atoms with Gasteiger partial charge in [-0.3, -0.25) is 4.98 Å². The smallest absolute Gasteiger partial charge is 0.328 e. The molecule has 4 heteroatoms. The summed E-state index contributed by atoms with van der Waals surface area (Å²) in [6.07, 6.45) is 3.42. The van der Waals surface area contributed by atoms with Gasteiger partial charge in [0.05, 0.1) is 5.69 Å². The number of aliphatic carboxylic acids is 1. The highest BCUT2D eigenvalue weighted by Gasteiger charge is 2.05. The molecule has 4 nitrogen and oxygen atoms in total. The van der Waals surface area contributed by atoms with E-state index in [1.807, 2.05) is 44.2 Å². The fourth-order valence-corrected chi connectivity index (χ4v) is 1.92. The number of carboxylic acids is 1. The monoisotopic (exact) mass is 283 g/mol. The van der Waals surface area contributed by atoms with Crippen molar-refractivity contribution in [3.8, 4) is 11.5 Å². The Morgan fingerprint density at radius 3 is 2.86 bits per heavy atom. The van der Waals surface area contributed by atoms with E-state index in [1.54, 1.807) is 6.07 Å². The van der Waals surface area contributed by atoms with Gasteiger partial charge in [-0.2, -0.15) is 0 Å². The largest absolute Gasteiger partial charge is 0.478 e. The molecule has 0 spiro atoms. The molecule has 108 valence electrons. The van der Waals surface area contributed by atoms with Crippen LogP contribution in [-0.4, -0.2) is 16.1 Å². The van der Waals surface area contributed by atoms with Crippen LogP contribution >= 0.6 is 0 Å². The van der Waals surface area contributed by atoms with Gasteiger partial charge in [0.25, 0.3) is 0 Å². The minimum Gasteiger partial charge on any atom is -0.478 e. The van der Waals surface area contributed by atoms with Crippen molar-refractivity contribution >= 4 is 12.0 Å². The molecular formula is C17H17NO3. The number of hydrogen-bond donors (Lipinski definition) is 1. The Labute approximate surface area is 123 Å². The number of ether oxygens (including phenoxy) is 1. The van der Waals surface area contributed by atoms with Crippen molar-refractivity contribution in [1.29, 1.82) is 0 Å². The summed E-state index contributed by atoms with van der Waals surface area (Å²) in [5.74, 6) is 0.405. The summed E-state index contributed by atoms with van der Waals surface area (Å²) in [5.41, 5.74) is 2.63. The topological polar surface area (TPSA) is 59.4 Å². The first-order valence-electron chi connectivity index (χ1n) is 6.74. The first-order chi connectivity index (χ1) is 10.1. The number of carboxylic acid groups (broad SMARTS) is 1. The maximum Gasteiger partial charge on any atom is 0.328 e. The molecule has 0 radical (unpaired) electrons. The van der Waals surface area contributed by atoms with Gasteiger partial charge in [0.15, 0.2) is 0 Å². The summed E-state index contributed by atoms with van der Waals surface area (Å²) < 4.78 is 5.86. The molecule has 2 rings (SSSR count). The van der Waals surface area contributed by atoms with E-state index >= 15 is 0 Å². The fraction of sp³-hybridized carbons (Fsp3) is 0.176. The molecule has 21 heavy (non-hydrogen) atoms. The van der Waals surface area contributed by atoms with E-state index < -0.39 is 5.97 Å². The quantitative estimate of drug-likeness (QED) is 0.847. The van der Waals surface area contributed by atoms with Crippen LogP contribution in [0.15, 0.2) is 42.5 Å². The third-order valence-electron chi connectivity index (χ3n) is 2.91. The van der Waals surface area contributed by atoms with Crippen LogP contribution in [0.1, 0.15) is 23.9 Å². The lowest BCUT2D eigenvalue weighted by Crippen LogP contribution is -1.95. The Morgan fingerprint density at radius 1 is 1.33 bits per heavy atom. The highest BCUT2D eigenvalue weighted by atomic mass is 16.5. The molecule has 2 aromatic rings. The molecule has 0 unspecified atom stereocenters. The molecule has 0 amide bonds. The van der Waals surface area contributed by atoms with E-state index in [4.69, 9.17) is 9.84 Å². The van der Waals surface area contributed by atoms with Crippen molar-refractivity contribution in [2.24, 2.45) is 0 Å². The van der Waals surface area contributed by atoms with Crippen molar-refractivity contribution in [2.45, 2.75) is 20.3 Å². The zero-order valence-corrected chi connectivity index (χ0v) is 12.0. The van der Waals surface area contributed by atoms with Crippen molar-refractivity contribution in [3.63, 3.8) is 0 Å². The summed E-state index contributed by atoms with van der Waals surface area (Å²) in [5, 5.41) is 8.65. The molecule has 0 atom stereocenters. The summed E-state index contributed by atoms with van der Waals surface area (Å²) in [6, 6.07) is 11.1. The van der Waals surface area contributed by atoms with Gasteiger partial charge in [-0.1, -0.05) is 19.1 Å². The van der Waals surface area contributed by atoms with Gasteiger partial charge in [0.2, 0.25) is 0 Å². The number of benzene rings is 1. The van der Waals surface area contributed by atoms with Crippen molar-refractivity contribution < 1.29 is 14.6 Å². The van der Waals surface area contributed by atoms with Crippen LogP contribution < -0.4 is 4.74 Å². The molecule has 0 bridgehead atoms. The second kappa shape index (κ2) is 6.70. The number of aromatic nitrogens is 1. The number of rotatable bonds is 5. The number of carbonyl (C=O) groups is 1. The molecule has 0 saturated heterocycles. The Kier molecular flexibility index (Phi) is 4.72. The van der Waals surface area contributed by atoms with E-state index in [0.717, 1.165) is 35.2 Å². The van der Waals surface area contributed by atoms with E-state index in [1.165, 1.54) is 6.08 Å². The second-order valence-corrected chi connectivity index (χ2v) is 4.60. The Balaban J connectivity index is 2.24. The van der Waals surface area contributed by atoms with Gasteiger partial charge in [0, 0.05) is 11.8 Å². The van der Waals surface area contributed by atoms with Gasteiger partial charge in [-0.25, -0.2) is 4.79 Å². The average Bonchev–Trinajstić information content (AvgIpc) is 2.47. The van der Waals surface area contributed by atoms with Gasteiger partial charge >= 0.3 is 5.97 Å². The third kappa shape index (κ3) is 4.18. The highest BCUT2D eigenvalue weighted by Crippen LogP contribution is 2.25. The third-order valence-corrected chi connectivity index (χ3v) is 2.91. The van der Waals surface area contributed by atoms with Crippen LogP contribution in [-0.2, 0) is 11.2 Å².